The molecule has 1 N–H and O–H groups in total. The number of nitrogens with zero attached hydrogens (tertiary/aromatic N) is 3. The Morgan fingerprint density at radius 1 is 1.25 bits per heavy atom. The number of pyridine rings is 1. The molecule has 0 radical (unpaired) electrons. The second-order valence-electron chi connectivity index (χ2n) is 4.66. The highest BCUT2D eigenvalue weighted by Gasteiger charge is 2.12. The standard InChI is InChI=1S/C15H21BrN4/c1-3-13-15(16)14(20(4-2)19-13)11-18-10-7-12-5-8-17-9-6-12/h5-6,8-9,18H,3-4,7,10-11H2,1-2H3. The summed E-state index contributed by atoms with van der Waals surface area (Å²) in [5.74, 6) is 0. The van der Waals surface area contributed by atoms with Crippen LogP contribution >= 0.6 is 15.9 Å². The Balaban J connectivity index is 1.89. The van der Waals surface area contributed by atoms with Crippen LogP contribution in [0, 0.1) is 0 Å². The van der Waals surface area contributed by atoms with Crippen LogP contribution in [0.3, 0.4) is 0 Å². The summed E-state index contributed by atoms with van der Waals surface area (Å²) < 4.78 is 3.22. The Labute approximate surface area is 128 Å². The zero-order chi connectivity index (χ0) is 14.4. The van der Waals surface area contributed by atoms with Gasteiger partial charge in [0.15, 0.2) is 0 Å². The van der Waals surface area contributed by atoms with Gasteiger partial charge in [-0.25, -0.2) is 0 Å². The summed E-state index contributed by atoms with van der Waals surface area (Å²) in [5, 5.41) is 8.10. The Morgan fingerprint density at radius 3 is 2.65 bits per heavy atom. The smallest absolute Gasteiger partial charge is 0.0767 e. The van der Waals surface area contributed by atoms with Gasteiger partial charge in [-0.15, -0.1) is 0 Å². The Morgan fingerprint density at radius 2 is 2.00 bits per heavy atom. The van der Waals surface area contributed by atoms with E-state index in [1.807, 2.05) is 12.4 Å². The van der Waals surface area contributed by atoms with Gasteiger partial charge in [0.1, 0.15) is 0 Å². The van der Waals surface area contributed by atoms with Crippen molar-refractivity contribution < 1.29 is 0 Å². The molecule has 4 nitrogen and oxygen atoms in total. The van der Waals surface area contributed by atoms with Gasteiger partial charge in [0.25, 0.3) is 0 Å². The van der Waals surface area contributed by atoms with E-state index in [1.165, 1.54) is 11.3 Å². The molecule has 108 valence electrons. The fourth-order valence-electron chi connectivity index (χ4n) is 2.18. The first-order chi connectivity index (χ1) is 9.76. The Kier molecular flexibility index (Phi) is 5.73. The van der Waals surface area contributed by atoms with Crippen molar-refractivity contribution in [2.45, 2.75) is 39.8 Å². The van der Waals surface area contributed by atoms with Gasteiger partial charge in [-0.05, 0) is 59.9 Å². The lowest BCUT2D eigenvalue weighted by molar-refractivity contribution is 0.577. The van der Waals surface area contributed by atoms with Gasteiger partial charge in [0.2, 0.25) is 0 Å². The largest absolute Gasteiger partial charge is 0.311 e. The van der Waals surface area contributed by atoms with Crippen molar-refractivity contribution in [2.24, 2.45) is 0 Å². The van der Waals surface area contributed by atoms with E-state index in [4.69, 9.17) is 0 Å². The SMILES string of the molecule is CCc1nn(CC)c(CNCCc2ccncc2)c1Br. The quantitative estimate of drug-likeness (QED) is 0.790. The average molecular weight is 337 g/mol. The van der Waals surface area contributed by atoms with Gasteiger partial charge < -0.3 is 5.32 Å². The highest BCUT2D eigenvalue weighted by atomic mass is 79.9. The predicted molar refractivity (Wildman–Crippen MR) is 84.6 cm³/mol. The summed E-state index contributed by atoms with van der Waals surface area (Å²) in [6, 6.07) is 4.12. The third-order valence-electron chi connectivity index (χ3n) is 3.33. The maximum atomic E-state index is 4.61. The van der Waals surface area contributed by atoms with Gasteiger partial charge >= 0.3 is 0 Å². The normalized spacial score (nSPS) is 10.9. The van der Waals surface area contributed by atoms with Gasteiger partial charge in [0.05, 0.1) is 15.9 Å². The summed E-state index contributed by atoms with van der Waals surface area (Å²) in [6.07, 6.45) is 5.65. The topological polar surface area (TPSA) is 42.7 Å². The average Bonchev–Trinajstić information content (AvgIpc) is 2.80. The molecule has 0 amide bonds. The molecule has 0 atom stereocenters. The molecule has 5 heteroatoms. The maximum absolute atomic E-state index is 4.61. The van der Waals surface area contributed by atoms with Crippen molar-refractivity contribution in [3.05, 3.63) is 46.0 Å². The Bertz CT molecular complexity index is 536. The number of rotatable bonds is 7. The molecular formula is C15H21BrN4. The van der Waals surface area contributed by atoms with E-state index in [9.17, 15) is 0 Å². The van der Waals surface area contributed by atoms with Crippen LogP contribution in [0.4, 0.5) is 0 Å². The number of hydrogen-bond donors (Lipinski definition) is 1. The minimum Gasteiger partial charge on any atom is -0.311 e. The van der Waals surface area contributed by atoms with E-state index >= 15 is 0 Å². The monoisotopic (exact) mass is 336 g/mol. The maximum Gasteiger partial charge on any atom is 0.0767 e. The first kappa shape index (κ1) is 15.2. The zero-order valence-corrected chi connectivity index (χ0v) is 13.7. The van der Waals surface area contributed by atoms with E-state index in [-0.39, 0.29) is 0 Å². The van der Waals surface area contributed by atoms with E-state index < -0.39 is 0 Å². The van der Waals surface area contributed by atoms with Crippen molar-refractivity contribution in [3.63, 3.8) is 0 Å². The molecule has 0 aliphatic heterocycles. The minimum atomic E-state index is 0.840. The van der Waals surface area contributed by atoms with Gasteiger partial charge in [-0.3, -0.25) is 9.67 Å². The van der Waals surface area contributed by atoms with Crippen molar-refractivity contribution in [1.29, 1.82) is 0 Å². The van der Waals surface area contributed by atoms with Crippen LogP contribution in [0.2, 0.25) is 0 Å². The molecule has 0 spiro atoms. The predicted octanol–water partition coefficient (Wildman–Crippen LogP) is 2.96. The molecule has 2 aromatic heterocycles. The molecular weight excluding hydrogens is 316 g/mol. The molecule has 0 aromatic carbocycles. The molecule has 2 rings (SSSR count). The third kappa shape index (κ3) is 3.67. The summed E-state index contributed by atoms with van der Waals surface area (Å²) in [6.45, 7) is 6.95. The number of aryl methyl sites for hydroxylation is 2. The first-order valence-electron chi connectivity index (χ1n) is 7.09. The number of aromatic nitrogens is 3. The van der Waals surface area contributed by atoms with Gasteiger partial charge in [-0.2, -0.15) is 5.10 Å². The van der Waals surface area contributed by atoms with Gasteiger partial charge in [-0.1, -0.05) is 6.92 Å². The number of hydrogen-bond acceptors (Lipinski definition) is 3. The Hall–Kier alpha value is -1.20. The molecule has 2 heterocycles. The highest BCUT2D eigenvalue weighted by Crippen LogP contribution is 2.22. The van der Waals surface area contributed by atoms with E-state index in [2.05, 4.69) is 62.0 Å². The van der Waals surface area contributed by atoms with Gasteiger partial charge in [0, 0.05) is 25.5 Å². The van der Waals surface area contributed by atoms with Crippen LogP contribution in [0.1, 0.15) is 30.8 Å². The van der Waals surface area contributed by atoms with Crippen LogP contribution in [0.5, 0.6) is 0 Å². The van der Waals surface area contributed by atoms with Crippen LogP contribution in [0.25, 0.3) is 0 Å². The lowest BCUT2D eigenvalue weighted by Gasteiger charge is -2.07. The molecule has 0 unspecified atom stereocenters. The summed E-state index contributed by atoms with van der Waals surface area (Å²) >= 11 is 3.67. The molecule has 0 aliphatic carbocycles. The van der Waals surface area contributed by atoms with Crippen LogP contribution in [0.15, 0.2) is 29.0 Å². The zero-order valence-electron chi connectivity index (χ0n) is 12.1. The highest BCUT2D eigenvalue weighted by molar-refractivity contribution is 9.10. The molecule has 0 fully saturated rings. The minimum absolute atomic E-state index is 0.840. The van der Waals surface area contributed by atoms with Crippen molar-refractivity contribution in [3.8, 4) is 0 Å². The van der Waals surface area contributed by atoms with Crippen molar-refractivity contribution >= 4 is 15.9 Å². The molecule has 0 saturated heterocycles. The van der Waals surface area contributed by atoms with E-state index in [0.29, 0.717) is 0 Å². The summed E-state index contributed by atoms with van der Waals surface area (Å²) in [5.41, 5.74) is 3.68. The summed E-state index contributed by atoms with van der Waals surface area (Å²) in [7, 11) is 0. The fraction of sp³-hybridized carbons (Fsp3) is 0.467. The second kappa shape index (κ2) is 7.55. The first-order valence-corrected chi connectivity index (χ1v) is 7.89. The van der Waals surface area contributed by atoms with E-state index in [1.54, 1.807) is 0 Å². The number of nitrogens with one attached hydrogen (secondary N) is 1. The molecule has 0 bridgehead atoms. The van der Waals surface area contributed by atoms with Crippen LogP contribution < -0.4 is 5.32 Å². The summed E-state index contributed by atoms with van der Waals surface area (Å²) in [4.78, 5) is 4.03. The second-order valence-corrected chi connectivity index (χ2v) is 5.45. The third-order valence-corrected chi connectivity index (χ3v) is 4.24. The van der Waals surface area contributed by atoms with E-state index in [0.717, 1.165) is 42.6 Å². The molecule has 2 aromatic rings. The molecule has 20 heavy (non-hydrogen) atoms. The fourth-order valence-corrected chi connectivity index (χ4v) is 2.88. The molecule has 0 saturated carbocycles. The number of halogens is 1. The van der Waals surface area contributed by atoms with Crippen LogP contribution in [-0.2, 0) is 25.9 Å². The lowest BCUT2D eigenvalue weighted by Crippen LogP contribution is -2.19. The lowest BCUT2D eigenvalue weighted by atomic mass is 10.2. The van der Waals surface area contributed by atoms with Crippen LogP contribution in [-0.4, -0.2) is 21.3 Å². The van der Waals surface area contributed by atoms with Crippen molar-refractivity contribution in [1.82, 2.24) is 20.1 Å². The molecule has 0 aliphatic rings. The van der Waals surface area contributed by atoms with Crippen molar-refractivity contribution in [2.75, 3.05) is 6.54 Å².